The zero-order valence-electron chi connectivity index (χ0n) is 19.5. The number of nitrogens with two attached hydrogens (primary N) is 1. The van der Waals surface area contributed by atoms with E-state index < -0.39 is 0 Å². The van der Waals surface area contributed by atoms with Gasteiger partial charge in [0.05, 0.1) is 11.9 Å². The van der Waals surface area contributed by atoms with Gasteiger partial charge in [0, 0.05) is 24.9 Å². The van der Waals surface area contributed by atoms with Crippen LogP contribution in [0.25, 0.3) is 0 Å². The van der Waals surface area contributed by atoms with E-state index in [0.717, 1.165) is 12.8 Å². The summed E-state index contributed by atoms with van der Waals surface area (Å²) in [5.41, 5.74) is 6.66. The molecule has 2 amide bonds. The number of aromatic nitrogens is 1. The van der Waals surface area contributed by atoms with Crippen LogP contribution in [0.1, 0.15) is 58.8 Å². The summed E-state index contributed by atoms with van der Waals surface area (Å²) in [5, 5.41) is 3.01. The summed E-state index contributed by atoms with van der Waals surface area (Å²) in [6, 6.07) is 3.84. The fourth-order valence-electron chi connectivity index (χ4n) is 8.10. The number of nitrogens with zero attached hydrogens (tertiary/aromatic N) is 2. The molecule has 4 aliphatic rings. The van der Waals surface area contributed by atoms with Crippen molar-refractivity contribution in [1.29, 1.82) is 0 Å². The molecule has 2 heterocycles. The molecule has 0 bridgehead atoms. The van der Waals surface area contributed by atoms with Crippen molar-refractivity contribution in [1.82, 2.24) is 9.88 Å². The lowest BCUT2D eigenvalue weighted by Gasteiger charge is -2.60. The molecule has 1 aromatic rings. The molecule has 3 saturated carbocycles. The predicted octanol–water partition coefficient (Wildman–Crippen LogP) is 4.25. The first-order chi connectivity index (χ1) is 15.2. The van der Waals surface area contributed by atoms with Gasteiger partial charge in [0.2, 0.25) is 11.8 Å². The van der Waals surface area contributed by atoms with Crippen LogP contribution in [0.3, 0.4) is 0 Å². The number of anilines is 2. The SMILES string of the molecule is CN1C(=O)C=C[C@]2(C)[C@H]3CC[C@]4(C)C(CC(=O)Nc5ccc(N)nc5)CC[C@H]4[C@@H]3CC[C@@H]12. The Morgan fingerprint density at radius 2 is 2.00 bits per heavy atom. The van der Waals surface area contributed by atoms with Crippen LogP contribution in [-0.4, -0.2) is 34.8 Å². The minimum absolute atomic E-state index is 0.0739. The number of rotatable bonds is 3. The van der Waals surface area contributed by atoms with E-state index in [1.54, 1.807) is 18.3 Å². The average Bonchev–Trinajstić information content (AvgIpc) is 3.09. The van der Waals surface area contributed by atoms with Crippen molar-refractivity contribution < 1.29 is 9.59 Å². The lowest BCUT2D eigenvalue weighted by molar-refractivity contribution is -0.139. The Labute approximate surface area is 191 Å². The Bertz CT molecular complexity index is 944. The second-order valence-electron chi connectivity index (χ2n) is 11.2. The van der Waals surface area contributed by atoms with Crippen LogP contribution < -0.4 is 11.1 Å². The number of hydrogen-bond acceptors (Lipinski definition) is 4. The van der Waals surface area contributed by atoms with E-state index in [4.69, 9.17) is 5.73 Å². The molecule has 172 valence electrons. The van der Waals surface area contributed by atoms with Gasteiger partial charge < -0.3 is 16.0 Å². The van der Waals surface area contributed by atoms with Gasteiger partial charge in [0.25, 0.3) is 0 Å². The largest absolute Gasteiger partial charge is 0.384 e. The summed E-state index contributed by atoms with van der Waals surface area (Å²) in [6.45, 7) is 4.83. The number of pyridine rings is 1. The average molecular weight is 437 g/mol. The molecule has 6 heteroatoms. The molecule has 32 heavy (non-hydrogen) atoms. The van der Waals surface area contributed by atoms with E-state index in [0.29, 0.717) is 47.6 Å². The zero-order chi connectivity index (χ0) is 22.7. The Kier molecular flexibility index (Phi) is 5.10. The highest BCUT2D eigenvalue weighted by atomic mass is 16.2. The summed E-state index contributed by atoms with van der Waals surface area (Å²) >= 11 is 0. The van der Waals surface area contributed by atoms with Crippen molar-refractivity contribution in [3.63, 3.8) is 0 Å². The summed E-state index contributed by atoms with van der Waals surface area (Å²) in [6.07, 6.45) is 13.2. The van der Waals surface area contributed by atoms with Gasteiger partial charge in [-0.3, -0.25) is 9.59 Å². The summed E-state index contributed by atoms with van der Waals surface area (Å²) in [5.74, 6) is 3.09. The first kappa shape index (κ1) is 21.5. The van der Waals surface area contributed by atoms with Gasteiger partial charge in [0.15, 0.2) is 0 Å². The molecule has 3 N–H and O–H groups in total. The third-order valence-corrected chi connectivity index (χ3v) is 9.83. The van der Waals surface area contributed by atoms with Gasteiger partial charge in [-0.1, -0.05) is 19.9 Å². The second kappa shape index (κ2) is 7.60. The van der Waals surface area contributed by atoms with Crippen LogP contribution in [0.4, 0.5) is 11.5 Å². The number of carbonyl (C=O) groups excluding carboxylic acids is 2. The second-order valence-corrected chi connectivity index (χ2v) is 11.2. The van der Waals surface area contributed by atoms with Crippen LogP contribution in [0.5, 0.6) is 0 Å². The normalized spacial score (nSPS) is 40.4. The van der Waals surface area contributed by atoms with Crippen LogP contribution in [0.15, 0.2) is 30.5 Å². The van der Waals surface area contributed by atoms with E-state index in [1.165, 1.54) is 25.7 Å². The van der Waals surface area contributed by atoms with Gasteiger partial charge in [-0.25, -0.2) is 4.98 Å². The van der Waals surface area contributed by atoms with E-state index in [2.05, 4.69) is 30.2 Å². The fraction of sp³-hybridized carbons (Fsp3) is 0.654. The maximum atomic E-state index is 12.8. The minimum atomic E-state index is 0.0739. The third-order valence-electron chi connectivity index (χ3n) is 9.83. The molecule has 5 rings (SSSR count). The first-order valence-corrected chi connectivity index (χ1v) is 12.2. The van der Waals surface area contributed by atoms with Crippen LogP contribution in [0, 0.1) is 34.5 Å². The number of fused-ring (bicyclic) bond motifs is 5. The molecule has 0 saturated heterocycles. The molecule has 0 radical (unpaired) electrons. The molecule has 3 aliphatic carbocycles. The number of nitrogens with one attached hydrogen (secondary N) is 1. The molecule has 1 aliphatic heterocycles. The number of nitrogen functional groups attached to an aromatic ring is 1. The third kappa shape index (κ3) is 3.25. The summed E-state index contributed by atoms with van der Waals surface area (Å²) in [4.78, 5) is 31.2. The van der Waals surface area contributed by atoms with Gasteiger partial charge in [0.1, 0.15) is 5.82 Å². The molecule has 6 nitrogen and oxygen atoms in total. The number of likely N-dealkylation sites (N-methyl/N-ethyl adjacent to an activating group) is 1. The molecule has 0 spiro atoms. The quantitative estimate of drug-likeness (QED) is 0.741. The highest BCUT2D eigenvalue weighted by molar-refractivity contribution is 5.91. The summed E-state index contributed by atoms with van der Waals surface area (Å²) < 4.78 is 0. The maximum absolute atomic E-state index is 12.8. The number of carbonyl (C=O) groups is 2. The van der Waals surface area contributed by atoms with Crippen molar-refractivity contribution in [2.75, 3.05) is 18.1 Å². The number of hydrogen-bond donors (Lipinski definition) is 2. The van der Waals surface area contributed by atoms with Gasteiger partial charge in [-0.05, 0) is 85.8 Å². The van der Waals surface area contributed by atoms with Gasteiger partial charge >= 0.3 is 0 Å². The highest BCUT2D eigenvalue weighted by Crippen LogP contribution is 2.65. The van der Waals surface area contributed by atoms with E-state index in [1.807, 2.05) is 18.0 Å². The minimum Gasteiger partial charge on any atom is -0.384 e. The van der Waals surface area contributed by atoms with Crippen molar-refractivity contribution in [2.24, 2.45) is 34.5 Å². The molecular weight excluding hydrogens is 400 g/mol. The van der Waals surface area contributed by atoms with Gasteiger partial charge in [-0.15, -0.1) is 0 Å². The standard InChI is InChI=1S/C26H36N4O2/c1-25-12-10-20-18(6-8-21-26(20,2)13-11-24(32)30(21)3)19(25)7-4-16(25)14-23(31)29-17-5-9-22(27)28-15-17/h5,9,11,13,15-16,18-21H,4,6-8,10,12,14H2,1-3H3,(H2,27,28)(H,29,31)/t16?,18-,19-,20-,21+,25+,26+/m0/s1. The topological polar surface area (TPSA) is 88.3 Å². The molecule has 7 atom stereocenters. The van der Waals surface area contributed by atoms with Crippen molar-refractivity contribution in [3.8, 4) is 0 Å². The Balaban J connectivity index is 1.31. The van der Waals surface area contributed by atoms with Crippen LogP contribution in [0.2, 0.25) is 0 Å². The number of amides is 2. The lowest BCUT2D eigenvalue weighted by Crippen LogP contribution is -2.59. The first-order valence-electron chi connectivity index (χ1n) is 12.2. The van der Waals surface area contributed by atoms with Crippen molar-refractivity contribution in [3.05, 3.63) is 30.5 Å². The Morgan fingerprint density at radius 1 is 1.19 bits per heavy atom. The monoisotopic (exact) mass is 436 g/mol. The Morgan fingerprint density at radius 3 is 2.75 bits per heavy atom. The Hall–Kier alpha value is -2.37. The summed E-state index contributed by atoms with van der Waals surface area (Å²) in [7, 11) is 1.98. The van der Waals surface area contributed by atoms with E-state index in [9.17, 15) is 9.59 Å². The lowest BCUT2D eigenvalue weighted by atomic mass is 9.47. The molecular formula is C26H36N4O2. The molecule has 0 aromatic carbocycles. The van der Waals surface area contributed by atoms with E-state index >= 15 is 0 Å². The smallest absolute Gasteiger partial charge is 0.246 e. The van der Waals surface area contributed by atoms with Gasteiger partial charge in [-0.2, -0.15) is 0 Å². The van der Waals surface area contributed by atoms with Crippen LogP contribution in [-0.2, 0) is 9.59 Å². The van der Waals surface area contributed by atoms with Crippen LogP contribution >= 0.6 is 0 Å². The molecule has 1 unspecified atom stereocenters. The molecule has 3 fully saturated rings. The molecule has 1 aromatic heterocycles. The van der Waals surface area contributed by atoms with E-state index in [-0.39, 0.29) is 22.6 Å². The van der Waals surface area contributed by atoms with Crippen molar-refractivity contribution >= 4 is 23.3 Å². The highest BCUT2D eigenvalue weighted by Gasteiger charge is 2.60. The fourth-order valence-corrected chi connectivity index (χ4v) is 8.10. The predicted molar refractivity (Wildman–Crippen MR) is 125 cm³/mol. The van der Waals surface area contributed by atoms with Crippen molar-refractivity contribution in [2.45, 2.75) is 64.8 Å². The maximum Gasteiger partial charge on any atom is 0.246 e. The zero-order valence-corrected chi connectivity index (χ0v) is 19.5.